The second-order valence-electron chi connectivity index (χ2n) is 5.00. The van der Waals surface area contributed by atoms with Gasteiger partial charge < -0.3 is 10.1 Å². The van der Waals surface area contributed by atoms with E-state index in [1.54, 1.807) is 0 Å². The average molecular weight is 242 g/mol. The van der Waals surface area contributed by atoms with Gasteiger partial charge in [-0.15, -0.1) is 0 Å². The van der Waals surface area contributed by atoms with Crippen molar-refractivity contribution in [1.29, 1.82) is 0 Å². The minimum atomic E-state index is 0.618. The number of rotatable bonds is 8. The Morgan fingerprint density at radius 3 is 2.88 bits per heavy atom. The predicted octanol–water partition coefficient (Wildman–Crippen LogP) is 2.27. The van der Waals surface area contributed by atoms with Crippen LogP contribution < -0.4 is 5.32 Å². The first-order valence-corrected chi connectivity index (χ1v) is 7.34. The van der Waals surface area contributed by atoms with E-state index < -0.39 is 0 Å². The third-order valence-corrected chi connectivity index (χ3v) is 3.71. The topological polar surface area (TPSA) is 24.5 Å². The van der Waals surface area contributed by atoms with E-state index in [4.69, 9.17) is 4.74 Å². The summed E-state index contributed by atoms with van der Waals surface area (Å²) in [7, 11) is 0. The number of ether oxygens (including phenoxy) is 1. The lowest BCUT2D eigenvalue weighted by atomic mass is 9.96. The fourth-order valence-electron chi connectivity index (χ4n) is 2.83. The molecule has 1 heterocycles. The Bertz CT molecular complexity index is 187. The van der Waals surface area contributed by atoms with Crippen molar-refractivity contribution < 1.29 is 4.74 Å². The van der Waals surface area contributed by atoms with E-state index in [2.05, 4.69) is 31.0 Å². The molecule has 1 N–H and O–H groups in total. The Labute approximate surface area is 107 Å². The lowest BCUT2D eigenvalue weighted by Gasteiger charge is -2.39. The lowest BCUT2D eigenvalue weighted by molar-refractivity contribution is 0.0916. The van der Waals surface area contributed by atoms with Crippen LogP contribution in [0.4, 0.5) is 0 Å². The molecule has 0 radical (unpaired) electrons. The maximum atomic E-state index is 5.43. The van der Waals surface area contributed by atoms with E-state index in [0.717, 1.165) is 25.8 Å². The maximum absolute atomic E-state index is 5.43. The highest BCUT2D eigenvalue weighted by Gasteiger charge is 2.26. The molecule has 0 aliphatic carbocycles. The maximum Gasteiger partial charge on any atom is 0.0478 e. The molecule has 1 rings (SSSR count). The fraction of sp³-hybridized carbons (Fsp3) is 1.00. The molecule has 102 valence electrons. The van der Waals surface area contributed by atoms with Gasteiger partial charge in [-0.3, -0.25) is 4.90 Å². The summed E-state index contributed by atoms with van der Waals surface area (Å²) in [4.78, 5) is 2.66. The molecular formula is C14H30N2O. The normalized spacial score (nSPS) is 23.8. The van der Waals surface area contributed by atoms with E-state index >= 15 is 0 Å². The molecule has 3 nitrogen and oxygen atoms in total. The van der Waals surface area contributed by atoms with Crippen molar-refractivity contribution >= 4 is 0 Å². The third kappa shape index (κ3) is 5.36. The highest BCUT2D eigenvalue weighted by Crippen LogP contribution is 2.19. The molecule has 3 heteroatoms. The Hall–Kier alpha value is -0.120. The molecule has 0 aromatic heterocycles. The van der Waals surface area contributed by atoms with Gasteiger partial charge in [-0.05, 0) is 46.2 Å². The van der Waals surface area contributed by atoms with E-state index in [9.17, 15) is 0 Å². The van der Waals surface area contributed by atoms with Crippen molar-refractivity contribution in [3.8, 4) is 0 Å². The molecule has 17 heavy (non-hydrogen) atoms. The van der Waals surface area contributed by atoms with Gasteiger partial charge in [0.15, 0.2) is 0 Å². The van der Waals surface area contributed by atoms with Gasteiger partial charge in [-0.1, -0.05) is 13.3 Å². The minimum absolute atomic E-state index is 0.618. The summed E-state index contributed by atoms with van der Waals surface area (Å²) in [6.45, 7) is 11.9. The van der Waals surface area contributed by atoms with Crippen LogP contribution in [0, 0.1) is 0 Å². The standard InChI is InChI=1S/C14H30N2O/c1-4-15-13(3)14-9-6-7-10-16(14)11-8-12-17-5-2/h13-15H,4-12H2,1-3H3. The quantitative estimate of drug-likeness (QED) is 0.661. The van der Waals surface area contributed by atoms with Crippen molar-refractivity contribution in [2.75, 3.05) is 32.8 Å². The van der Waals surface area contributed by atoms with Gasteiger partial charge in [0.2, 0.25) is 0 Å². The molecule has 0 bridgehead atoms. The molecule has 1 aliphatic heterocycles. The molecule has 0 saturated carbocycles. The van der Waals surface area contributed by atoms with E-state index in [-0.39, 0.29) is 0 Å². The highest BCUT2D eigenvalue weighted by molar-refractivity contribution is 4.84. The van der Waals surface area contributed by atoms with Crippen LogP contribution in [0.15, 0.2) is 0 Å². The van der Waals surface area contributed by atoms with Gasteiger partial charge in [0.1, 0.15) is 0 Å². The molecule has 1 aliphatic rings. The van der Waals surface area contributed by atoms with Crippen LogP contribution in [0.2, 0.25) is 0 Å². The zero-order valence-corrected chi connectivity index (χ0v) is 11.9. The smallest absolute Gasteiger partial charge is 0.0478 e. The van der Waals surface area contributed by atoms with Crippen LogP contribution >= 0.6 is 0 Å². The number of likely N-dealkylation sites (N-methyl/N-ethyl adjacent to an activating group) is 1. The molecule has 0 aromatic rings. The van der Waals surface area contributed by atoms with Gasteiger partial charge >= 0.3 is 0 Å². The van der Waals surface area contributed by atoms with Gasteiger partial charge in [0.05, 0.1) is 0 Å². The van der Waals surface area contributed by atoms with Gasteiger partial charge in [0.25, 0.3) is 0 Å². The molecular weight excluding hydrogens is 212 g/mol. The lowest BCUT2D eigenvalue weighted by Crippen LogP contribution is -2.51. The SMILES string of the molecule is CCNC(C)C1CCCCN1CCCOCC. The molecule has 0 aromatic carbocycles. The molecule has 1 fully saturated rings. The summed E-state index contributed by atoms with van der Waals surface area (Å²) in [6.07, 6.45) is 5.28. The summed E-state index contributed by atoms with van der Waals surface area (Å²) in [5, 5.41) is 3.57. The zero-order chi connectivity index (χ0) is 12.5. The van der Waals surface area contributed by atoms with Crippen molar-refractivity contribution in [2.45, 2.75) is 58.5 Å². The molecule has 1 saturated heterocycles. The van der Waals surface area contributed by atoms with Gasteiger partial charge in [-0.25, -0.2) is 0 Å². The van der Waals surface area contributed by atoms with Crippen molar-refractivity contribution in [1.82, 2.24) is 10.2 Å². The fourth-order valence-corrected chi connectivity index (χ4v) is 2.83. The summed E-state index contributed by atoms with van der Waals surface area (Å²) < 4.78 is 5.43. The third-order valence-electron chi connectivity index (χ3n) is 3.71. The monoisotopic (exact) mass is 242 g/mol. The molecule has 0 spiro atoms. The van der Waals surface area contributed by atoms with Crippen LogP contribution in [0.5, 0.6) is 0 Å². The average Bonchev–Trinajstić information content (AvgIpc) is 2.35. The first-order valence-electron chi connectivity index (χ1n) is 7.34. The zero-order valence-electron chi connectivity index (χ0n) is 11.9. The molecule has 2 atom stereocenters. The summed E-state index contributed by atoms with van der Waals surface area (Å²) in [5.74, 6) is 0. The van der Waals surface area contributed by atoms with Crippen LogP contribution in [-0.4, -0.2) is 49.8 Å². The molecule has 2 unspecified atom stereocenters. The first kappa shape index (κ1) is 14.9. The van der Waals surface area contributed by atoms with E-state index in [1.165, 1.54) is 38.8 Å². The summed E-state index contributed by atoms with van der Waals surface area (Å²) >= 11 is 0. The first-order chi connectivity index (χ1) is 8.29. The Balaban J connectivity index is 2.31. The number of likely N-dealkylation sites (tertiary alicyclic amines) is 1. The number of hydrogen-bond acceptors (Lipinski definition) is 3. The van der Waals surface area contributed by atoms with Crippen LogP contribution in [-0.2, 0) is 4.74 Å². The second kappa shape index (κ2) is 8.90. The number of nitrogens with one attached hydrogen (secondary N) is 1. The van der Waals surface area contributed by atoms with Crippen LogP contribution in [0.1, 0.15) is 46.5 Å². The second-order valence-corrected chi connectivity index (χ2v) is 5.00. The Kier molecular flexibility index (Phi) is 7.82. The Morgan fingerprint density at radius 1 is 1.35 bits per heavy atom. The summed E-state index contributed by atoms with van der Waals surface area (Å²) in [5.41, 5.74) is 0. The van der Waals surface area contributed by atoms with Gasteiger partial charge in [0, 0.05) is 31.8 Å². The van der Waals surface area contributed by atoms with Crippen LogP contribution in [0.3, 0.4) is 0 Å². The highest BCUT2D eigenvalue weighted by atomic mass is 16.5. The van der Waals surface area contributed by atoms with Crippen LogP contribution in [0.25, 0.3) is 0 Å². The minimum Gasteiger partial charge on any atom is -0.382 e. The van der Waals surface area contributed by atoms with Crippen molar-refractivity contribution in [2.24, 2.45) is 0 Å². The largest absolute Gasteiger partial charge is 0.382 e. The Morgan fingerprint density at radius 2 is 2.18 bits per heavy atom. The predicted molar refractivity (Wildman–Crippen MR) is 73.5 cm³/mol. The van der Waals surface area contributed by atoms with Gasteiger partial charge in [-0.2, -0.15) is 0 Å². The summed E-state index contributed by atoms with van der Waals surface area (Å²) in [6, 6.07) is 1.35. The van der Waals surface area contributed by atoms with E-state index in [0.29, 0.717) is 6.04 Å². The number of nitrogens with zero attached hydrogens (tertiary/aromatic N) is 1. The van der Waals surface area contributed by atoms with E-state index in [1.807, 2.05) is 0 Å². The van der Waals surface area contributed by atoms with Crippen molar-refractivity contribution in [3.05, 3.63) is 0 Å². The molecule has 0 amide bonds. The number of piperidine rings is 1. The number of hydrogen-bond donors (Lipinski definition) is 1. The van der Waals surface area contributed by atoms with Crippen molar-refractivity contribution in [3.63, 3.8) is 0 Å².